The van der Waals surface area contributed by atoms with Crippen molar-refractivity contribution in [2.24, 2.45) is 0 Å². The minimum Gasteiger partial charge on any atom is -0.493 e. The minimum atomic E-state index is 0.505. The van der Waals surface area contributed by atoms with Gasteiger partial charge in [-0.2, -0.15) is 0 Å². The summed E-state index contributed by atoms with van der Waals surface area (Å²) in [5, 5.41) is 3.58. The third-order valence-electron chi connectivity index (χ3n) is 3.41. The summed E-state index contributed by atoms with van der Waals surface area (Å²) >= 11 is 0. The quantitative estimate of drug-likeness (QED) is 0.812. The van der Waals surface area contributed by atoms with E-state index in [4.69, 9.17) is 4.74 Å². The van der Waals surface area contributed by atoms with Crippen LogP contribution in [0.5, 0.6) is 5.75 Å². The summed E-state index contributed by atoms with van der Waals surface area (Å²) in [5.74, 6) is 1.08. The Hall–Kier alpha value is -1.02. The van der Waals surface area contributed by atoms with Crippen LogP contribution in [0.1, 0.15) is 50.3 Å². The molecule has 2 nitrogen and oxygen atoms in total. The van der Waals surface area contributed by atoms with Gasteiger partial charge in [0.15, 0.2) is 0 Å². The molecule has 0 saturated heterocycles. The second kappa shape index (κ2) is 6.06. The molecule has 17 heavy (non-hydrogen) atoms. The smallest absolute Gasteiger partial charge is 0.122 e. The van der Waals surface area contributed by atoms with Gasteiger partial charge in [-0.3, -0.25) is 0 Å². The maximum Gasteiger partial charge on any atom is 0.122 e. The molecule has 0 radical (unpaired) electrons. The highest BCUT2D eigenvalue weighted by atomic mass is 16.5. The van der Waals surface area contributed by atoms with Gasteiger partial charge in [0.2, 0.25) is 0 Å². The van der Waals surface area contributed by atoms with Crippen molar-refractivity contribution < 1.29 is 4.74 Å². The maximum atomic E-state index is 5.55. The first-order chi connectivity index (χ1) is 8.35. The number of benzene rings is 1. The standard InChI is InChI=1S/C15H23NO/c1-3-5-6-14(16-4-2)12-7-8-15-13(11-12)9-10-17-15/h7-8,11,14,16H,3-6,9-10H2,1-2H3. The molecule has 1 N–H and O–H groups in total. The fourth-order valence-electron chi connectivity index (χ4n) is 2.46. The first-order valence-electron chi connectivity index (χ1n) is 6.84. The Balaban J connectivity index is 2.11. The van der Waals surface area contributed by atoms with Gasteiger partial charge in [-0.1, -0.05) is 38.8 Å². The highest BCUT2D eigenvalue weighted by Gasteiger charge is 2.15. The summed E-state index contributed by atoms with van der Waals surface area (Å²) in [7, 11) is 0. The molecule has 1 aromatic carbocycles. The van der Waals surface area contributed by atoms with Crippen LogP contribution in [0.25, 0.3) is 0 Å². The molecule has 0 amide bonds. The van der Waals surface area contributed by atoms with Gasteiger partial charge >= 0.3 is 0 Å². The van der Waals surface area contributed by atoms with Crippen LogP contribution in [0, 0.1) is 0 Å². The average Bonchev–Trinajstić information content (AvgIpc) is 2.81. The molecule has 2 rings (SSSR count). The number of hydrogen-bond acceptors (Lipinski definition) is 2. The van der Waals surface area contributed by atoms with Gasteiger partial charge in [-0.15, -0.1) is 0 Å². The predicted octanol–water partition coefficient (Wildman–Crippen LogP) is 3.46. The lowest BCUT2D eigenvalue weighted by Gasteiger charge is -2.18. The van der Waals surface area contributed by atoms with Crippen molar-refractivity contribution in [3.8, 4) is 5.75 Å². The normalized spacial score (nSPS) is 15.4. The Morgan fingerprint density at radius 3 is 3.00 bits per heavy atom. The Kier molecular flexibility index (Phi) is 4.43. The molecule has 0 aliphatic carbocycles. The zero-order chi connectivity index (χ0) is 12.1. The number of hydrogen-bond donors (Lipinski definition) is 1. The molecular weight excluding hydrogens is 210 g/mol. The van der Waals surface area contributed by atoms with Crippen LogP contribution in [0.3, 0.4) is 0 Å². The van der Waals surface area contributed by atoms with Crippen molar-refractivity contribution in [3.05, 3.63) is 29.3 Å². The molecular formula is C15H23NO. The molecule has 2 heteroatoms. The Labute approximate surface area is 104 Å². The number of unbranched alkanes of at least 4 members (excludes halogenated alkanes) is 1. The second-order valence-corrected chi connectivity index (χ2v) is 4.72. The zero-order valence-electron chi connectivity index (χ0n) is 11.0. The van der Waals surface area contributed by atoms with Crippen molar-refractivity contribution in [3.63, 3.8) is 0 Å². The lowest BCUT2D eigenvalue weighted by atomic mass is 9.98. The van der Waals surface area contributed by atoms with Gasteiger partial charge in [-0.05, 0) is 30.2 Å². The lowest BCUT2D eigenvalue weighted by Crippen LogP contribution is -2.20. The fraction of sp³-hybridized carbons (Fsp3) is 0.600. The minimum absolute atomic E-state index is 0.505. The van der Waals surface area contributed by atoms with E-state index in [0.717, 1.165) is 25.3 Å². The molecule has 1 aliphatic rings. The molecule has 1 aliphatic heterocycles. The van der Waals surface area contributed by atoms with E-state index < -0.39 is 0 Å². The van der Waals surface area contributed by atoms with Crippen LogP contribution in [0.4, 0.5) is 0 Å². The molecule has 1 atom stereocenters. The maximum absolute atomic E-state index is 5.55. The SMILES string of the molecule is CCCCC(NCC)c1ccc2c(c1)CCO2. The summed E-state index contributed by atoms with van der Waals surface area (Å²) in [6.07, 6.45) is 4.83. The van der Waals surface area contributed by atoms with Crippen molar-refractivity contribution in [2.75, 3.05) is 13.2 Å². The molecule has 0 spiro atoms. The third-order valence-corrected chi connectivity index (χ3v) is 3.41. The number of ether oxygens (including phenoxy) is 1. The molecule has 94 valence electrons. The van der Waals surface area contributed by atoms with Crippen LogP contribution in [-0.2, 0) is 6.42 Å². The van der Waals surface area contributed by atoms with Gasteiger partial charge in [0.05, 0.1) is 6.61 Å². The highest BCUT2D eigenvalue weighted by Crippen LogP contribution is 2.29. The van der Waals surface area contributed by atoms with Crippen LogP contribution in [0.15, 0.2) is 18.2 Å². The zero-order valence-corrected chi connectivity index (χ0v) is 11.0. The lowest BCUT2D eigenvalue weighted by molar-refractivity contribution is 0.356. The molecule has 0 bridgehead atoms. The van der Waals surface area contributed by atoms with E-state index in [0.29, 0.717) is 6.04 Å². The molecule has 1 aromatic rings. The van der Waals surface area contributed by atoms with Crippen molar-refractivity contribution in [2.45, 2.75) is 45.6 Å². The van der Waals surface area contributed by atoms with Gasteiger partial charge < -0.3 is 10.1 Å². The van der Waals surface area contributed by atoms with Gasteiger partial charge in [0, 0.05) is 12.5 Å². The molecule has 0 aromatic heterocycles. The summed E-state index contributed by atoms with van der Waals surface area (Å²) < 4.78 is 5.55. The number of fused-ring (bicyclic) bond motifs is 1. The van der Waals surface area contributed by atoms with E-state index in [9.17, 15) is 0 Å². The van der Waals surface area contributed by atoms with E-state index in [1.54, 1.807) is 0 Å². The average molecular weight is 233 g/mol. The van der Waals surface area contributed by atoms with E-state index in [2.05, 4.69) is 37.4 Å². The number of nitrogens with one attached hydrogen (secondary N) is 1. The molecule has 0 saturated carbocycles. The van der Waals surface area contributed by atoms with E-state index in [1.165, 1.54) is 30.4 Å². The summed E-state index contributed by atoms with van der Waals surface area (Å²) in [6.45, 7) is 6.30. The van der Waals surface area contributed by atoms with Crippen LogP contribution < -0.4 is 10.1 Å². The van der Waals surface area contributed by atoms with E-state index in [-0.39, 0.29) is 0 Å². The first-order valence-corrected chi connectivity index (χ1v) is 6.84. The Bertz CT molecular complexity index is 362. The third kappa shape index (κ3) is 3.01. The second-order valence-electron chi connectivity index (χ2n) is 4.72. The Morgan fingerprint density at radius 1 is 1.35 bits per heavy atom. The largest absolute Gasteiger partial charge is 0.493 e. The van der Waals surface area contributed by atoms with Gasteiger partial charge in [0.1, 0.15) is 5.75 Å². The summed E-state index contributed by atoms with van der Waals surface area (Å²) in [5.41, 5.74) is 2.80. The molecule has 1 unspecified atom stereocenters. The van der Waals surface area contributed by atoms with Crippen molar-refractivity contribution in [1.82, 2.24) is 5.32 Å². The first kappa shape index (κ1) is 12.4. The summed E-state index contributed by atoms with van der Waals surface area (Å²) in [6, 6.07) is 7.18. The fourth-order valence-corrected chi connectivity index (χ4v) is 2.46. The summed E-state index contributed by atoms with van der Waals surface area (Å²) in [4.78, 5) is 0. The van der Waals surface area contributed by atoms with Gasteiger partial charge in [-0.25, -0.2) is 0 Å². The number of rotatable bonds is 6. The van der Waals surface area contributed by atoms with Crippen LogP contribution in [-0.4, -0.2) is 13.2 Å². The van der Waals surface area contributed by atoms with Gasteiger partial charge in [0.25, 0.3) is 0 Å². The van der Waals surface area contributed by atoms with Crippen molar-refractivity contribution in [1.29, 1.82) is 0 Å². The molecule has 1 heterocycles. The van der Waals surface area contributed by atoms with Crippen molar-refractivity contribution >= 4 is 0 Å². The monoisotopic (exact) mass is 233 g/mol. The topological polar surface area (TPSA) is 21.3 Å². The molecule has 0 fully saturated rings. The highest BCUT2D eigenvalue weighted by molar-refractivity contribution is 5.40. The Morgan fingerprint density at radius 2 is 2.24 bits per heavy atom. The van der Waals surface area contributed by atoms with Crippen LogP contribution >= 0.6 is 0 Å². The predicted molar refractivity (Wildman–Crippen MR) is 71.6 cm³/mol. The van der Waals surface area contributed by atoms with E-state index >= 15 is 0 Å². The van der Waals surface area contributed by atoms with Crippen LogP contribution in [0.2, 0.25) is 0 Å². The van der Waals surface area contributed by atoms with E-state index in [1.807, 2.05) is 0 Å².